The number of furan rings is 1. The van der Waals surface area contributed by atoms with Crippen molar-refractivity contribution in [1.82, 2.24) is 4.98 Å². The Balaban J connectivity index is 1.64. The third-order valence-electron chi connectivity index (χ3n) is 3.93. The highest BCUT2D eigenvalue weighted by atomic mass is 35.5. The summed E-state index contributed by atoms with van der Waals surface area (Å²) in [5.74, 6) is -0.605. The fraction of sp³-hybridized carbons (Fsp3) is 0.0556. The fourth-order valence-electron chi connectivity index (χ4n) is 2.71. The van der Waals surface area contributed by atoms with Crippen molar-refractivity contribution in [2.24, 2.45) is 5.73 Å². The van der Waals surface area contributed by atoms with Gasteiger partial charge in [-0.15, -0.1) is 11.3 Å². The summed E-state index contributed by atoms with van der Waals surface area (Å²) < 4.78 is 5.75. The third-order valence-corrected chi connectivity index (χ3v) is 5.94. The van der Waals surface area contributed by atoms with Gasteiger partial charge in [-0.3, -0.25) is 9.69 Å². The van der Waals surface area contributed by atoms with Gasteiger partial charge in [0.05, 0.1) is 10.5 Å². The van der Waals surface area contributed by atoms with Crippen LogP contribution in [0.3, 0.4) is 0 Å². The van der Waals surface area contributed by atoms with Gasteiger partial charge in [0.15, 0.2) is 5.13 Å². The van der Waals surface area contributed by atoms with Crippen molar-refractivity contribution < 1.29 is 19.1 Å². The largest absolute Gasteiger partial charge is 0.478 e. The monoisotopic (exact) mass is 433 g/mol. The number of thiazole rings is 1. The second kappa shape index (κ2) is 7.44. The van der Waals surface area contributed by atoms with Gasteiger partial charge < -0.3 is 15.3 Å². The smallest absolute Gasteiger partial charge is 0.336 e. The highest BCUT2D eigenvalue weighted by Gasteiger charge is 2.36. The van der Waals surface area contributed by atoms with Crippen LogP contribution in [0, 0.1) is 0 Å². The van der Waals surface area contributed by atoms with Crippen molar-refractivity contribution in [2.45, 2.75) is 5.50 Å². The number of hydrogen-bond donors (Lipinski definition) is 2. The summed E-state index contributed by atoms with van der Waals surface area (Å²) in [5, 5.41) is 12.0. The number of aromatic nitrogens is 1. The number of anilines is 1. The summed E-state index contributed by atoms with van der Waals surface area (Å²) in [7, 11) is 0. The molecule has 7 nitrogen and oxygen atoms in total. The molecule has 2 aromatic heterocycles. The number of carbonyl (C=O) groups is 2. The molecule has 0 spiro atoms. The molecular weight excluding hydrogens is 422 g/mol. The molecule has 0 bridgehead atoms. The number of carboxylic acid groups (broad SMARTS) is 1. The minimum Gasteiger partial charge on any atom is -0.478 e. The summed E-state index contributed by atoms with van der Waals surface area (Å²) in [4.78, 5) is 30.1. The molecule has 1 unspecified atom stereocenters. The van der Waals surface area contributed by atoms with Crippen LogP contribution in [0.25, 0.3) is 17.4 Å². The maximum atomic E-state index is 12.7. The van der Waals surface area contributed by atoms with Gasteiger partial charge in [-0.2, -0.15) is 0 Å². The zero-order valence-electron chi connectivity index (χ0n) is 14.0. The summed E-state index contributed by atoms with van der Waals surface area (Å²) >= 11 is 8.41. The van der Waals surface area contributed by atoms with E-state index in [1.165, 1.54) is 34.1 Å². The van der Waals surface area contributed by atoms with Crippen LogP contribution in [0.2, 0.25) is 5.02 Å². The zero-order chi connectivity index (χ0) is 19.8. The molecule has 1 saturated heterocycles. The molecule has 1 atom stereocenters. The number of rotatable bonds is 4. The van der Waals surface area contributed by atoms with E-state index in [0.29, 0.717) is 32.1 Å². The standard InChI is InChI=1S/C18H12ClN3O4S2/c19-9-1-3-11(12(7-9)16(24)25)13-4-2-10(26-13)8-14-15(23)22(17(20)28-14)18-21-5-6-27-18/h1-8,17H,20H2,(H,24,25). The average molecular weight is 434 g/mol. The van der Waals surface area contributed by atoms with Crippen molar-refractivity contribution >= 4 is 57.8 Å². The van der Waals surface area contributed by atoms with E-state index in [9.17, 15) is 14.7 Å². The first kappa shape index (κ1) is 18.8. The first-order chi connectivity index (χ1) is 13.4. The van der Waals surface area contributed by atoms with Gasteiger partial charge in [-0.05, 0) is 30.3 Å². The summed E-state index contributed by atoms with van der Waals surface area (Å²) in [6.45, 7) is 0. The Bertz CT molecular complexity index is 1090. The van der Waals surface area contributed by atoms with Gasteiger partial charge in [-0.1, -0.05) is 23.4 Å². The Morgan fingerprint density at radius 2 is 2.18 bits per heavy atom. The summed E-state index contributed by atoms with van der Waals surface area (Å²) in [6.07, 6.45) is 3.19. The number of benzene rings is 1. The summed E-state index contributed by atoms with van der Waals surface area (Å²) in [5.41, 5.74) is 5.91. The number of nitrogens with two attached hydrogens (primary N) is 1. The van der Waals surface area contributed by atoms with Crippen LogP contribution in [-0.2, 0) is 4.79 Å². The topological polar surface area (TPSA) is 110 Å². The van der Waals surface area contributed by atoms with E-state index in [-0.39, 0.29) is 11.5 Å². The number of halogens is 1. The molecule has 3 aromatic rings. The number of amides is 1. The minimum absolute atomic E-state index is 0.0318. The number of carboxylic acids is 1. The highest BCUT2D eigenvalue weighted by Crippen LogP contribution is 2.38. The Hall–Kier alpha value is -2.59. The zero-order valence-corrected chi connectivity index (χ0v) is 16.4. The molecule has 3 heterocycles. The van der Waals surface area contributed by atoms with Crippen molar-refractivity contribution in [2.75, 3.05) is 4.90 Å². The first-order valence-corrected chi connectivity index (χ1v) is 10.1. The van der Waals surface area contributed by atoms with Crippen LogP contribution in [0.15, 0.2) is 51.2 Å². The molecule has 1 aromatic carbocycles. The molecule has 142 valence electrons. The predicted molar refractivity (Wildman–Crippen MR) is 109 cm³/mol. The fourth-order valence-corrected chi connectivity index (χ4v) is 4.57. The molecule has 1 aliphatic heterocycles. The van der Waals surface area contributed by atoms with E-state index in [1.807, 2.05) is 0 Å². The van der Waals surface area contributed by atoms with Gasteiger partial charge in [0.1, 0.15) is 17.0 Å². The van der Waals surface area contributed by atoms with E-state index in [2.05, 4.69) is 4.98 Å². The lowest BCUT2D eigenvalue weighted by Crippen LogP contribution is -2.37. The molecule has 0 radical (unpaired) electrons. The van der Waals surface area contributed by atoms with Gasteiger partial charge in [0.2, 0.25) is 0 Å². The molecule has 0 aliphatic carbocycles. The maximum absolute atomic E-state index is 12.7. The van der Waals surface area contributed by atoms with Crippen LogP contribution in [0.1, 0.15) is 16.1 Å². The molecule has 3 N–H and O–H groups in total. The van der Waals surface area contributed by atoms with Gasteiger partial charge in [0, 0.05) is 28.2 Å². The van der Waals surface area contributed by atoms with Crippen LogP contribution in [-0.4, -0.2) is 27.5 Å². The van der Waals surface area contributed by atoms with Crippen LogP contribution in [0.5, 0.6) is 0 Å². The Kier molecular flexibility index (Phi) is 4.98. The second-order valence-electron chi connectivity index (χ2n) is 5.70. The first-order valence-electron chi connectivity index (χ1n) is 7.94. The van der Waals surface area contributed by atoms with E-state index >= 15 is 0 Å². The highest BCUT2D eigenvalue weighted by molar-refractivity contribution is 8.05. The SMILES string of the molecule is NC1SC(=Cc2ccc(-c3ccc(Cl)cc3C(=O)O)o2)C(=O)N1c1nccs1. The van der Waals surface area contributed by atoms with Crippen molar-refractivity contribution in [3.8, 4) is 11.3 Å². The van der Waals surface area contributed by atoms with Crippen molar-refractivity contribution in [1.29, 1.82) is 0 Å². The predicted octanol–water partition coefficient (Wildman–Crippen LogP) is 4.12. The normalized spacial score (nSPS) is 18.2. The Morgan fingerprint density at radius 1 is 1.36 bits per heavy atom. The van der Waals surface area contributed by atoms with E-state index in [1.54, 1.807) is 41.9 Å². The van der Waals surface area contributed by atoms with Crippen LogP contribution < -0.4 is 10.6 Å². The van der Waals surface area contributed by atoms with Gasteiger partial charge in [0.25, 0.3) is 5.91 Å². The number of hydrogen-bond acceptors (Lipinski definition) is 7. The molecular formula is C18H12ClN3O4S2. The molecule has 10 heteroatoms. The van der Waals surface area contributed by atoms with Crippen LogP contribution >= 0.6 is 34.7 Å². The van der Waals surface area contributed by atoms with E-state index < -0.39 is 11.5 Å². The number of aromatic carboxylic acids is 1. The van der Waals surface area contributed by atoms with Gasteiger partial charge >= 0.3 is 5.97 Å². The molecule has 4 rings (SSSR count). The molecule has 1 amide bonds. The quantitative estimate of drug-likeness (QED) is 0.595. The third kappa shape index (κ3) is 3.45. The van der Waals surface area contributed by atoms with Crippen molar-refractivity contribution in [3.05, 3.63) is 63.2 Å². The lowest BCUT2D eigenvalue weighted by Gasteiger charge is -2.15. The van der Waals surface area contributed by atoms with E-state index in [0.717, 1.165) is 0 Å². The Labute approximate surface area is 172 Å². The average Bonchev–Trinajstić information content (AvgIpc) is 3.37. The van der Waals surface area contributed by atoms with Gasteiger partial charge in [-0.25, -0.2) is 9.78 Å². The second-order valence-corrected chi connectivity index (χ2v) is 8.17. The minimum atomic E-state index is -1.11. The molecule has 28 heavy (non-hydrogen) atoms. The lowest BCUT2D eigenvalue weighted by molar-refractivity contribution is -0.114. The molecule has 1 fully saturated rings. The van der Waals surface area contributed by atoms with Crippen LogP contribution in [0.4, 0.5) is 5.13 Å². The lowest BCUT2D eigenvalue weighted by atomic mass is 10.1. The maximum Gasteiger partial charge on any atom is 0.336 e. The van der Waals surface area contributed by atoms with Crippen molar-refractivity contribution in [3.63, 3.8) is 0 Å². The molecule has 1 aliphatic rings. The number of nitrogens with zero attached hydrogens (tertiary/aromatic N) is 2. The number of carbonyl (C=O) groups excluding carboxylic acids is 1. The number of thioether (sulfide) groups is 1. The Morgan fingerprint density at radius 3 is 2.89 bits per heavy atom. The van der Waals surface area contributed by atoms with E-state index in [4.69, 9.17) is 21.8 Å². The summed E-state index contributed by atoms with van der Waals surface area (Å²) in [6, 6.07) is 7.84. The molecule has 0 saturated carbocycles.